The molecular weight excluding hydrogens is 404 g/mol. The van der Waals surface area contributed by atoms with Crippen molar-refractivity contribution in [2.45, 2.75) is 24.8 Å². The summed E-state index contributed by atoms with van der Waals surface area (Å²) < 4.78 is 5.36. The van der Waals surface area contributed by atoms with Crippen LogP contribution in [0.15, 0.2) is 48.5 Å². The second kappa shape index (κ2) is 9.75. The molecule has 3 rings (SSSR count). The lowest BCUT2D eigenvalue weighted by Gasteiger charge is -2.19. The van der Waals surface area contributed by atoms with Crippen LogP contribution in [0.4, 0.5) is 4.79 Å². The van der Waals surface area contributed by atoms with Crippen LogP contribution in [0.25, 0.3) is 11.1 Å². The van der Waals surface area contributed by atoms with Gasteiger partial charge in [-0.3, -0.25) is 14.4 Å². The monoisotopic (exact) mass is 426 g/mol. The highest BCUT2D eigenvalue weighted by atomic mass is 16.5. The average Bonchev–Trinajstić information content (AvgIpc) is 3.07. The predicted molar refractivity (Wildman–Crippen MR) is 110 cm³/mol. The highest BCUT2D eigenvalue weighted by Gasteiger charge is 2.30. The molecule has 1 aliphatic carbocycles. The maximum absolute atomic E-state index is 12.3. The lowest BCUT2D eigenvalue weighted by Crippen LogP contribution is -2.48. The van der Waals surface area contributed by atoms with Crippen molar-refractivity contribution in [3.05, 3.63) is 59.7 Å². The van der Waals surface area contributed by atoms with Gasteiger partial charge in [0, 0.05) is 12.3 Å². The van der Waals surface area contributed by atoms with Gasteiger partial charge in [-0.2, -0.15) is 0 Å². The zero-order chi connectivity index (χ0) is 22.4. The van der Waals surface area contributed by atoms with Gasteiger partial charge in [0.2, 0.25) is 5.91 Å². The fourth-order valence-electron chi connectivity index (χ4n) is 3.60. The minimum atomic E-state index is -1.26. The van der Waals surface area contributed by atoms with E-state index in [-0.39, 0.29) is 25.4 Å². The highest BCUT2D eigenvalue weighted by Crippen LogP contribution is 2.44. The minimum absolute atomic E-state index is 0.0300. The van der Waals surface area contributed by atoms with Gasteiger partial charge in [0.15, 0.2) is 0 Å². The van der Waals surface area contributed by atoms with E-state index in [0.29, 0.717) is 0 Å². The zero-order valence-corrected chi connectivity index (χ0v) is 16.5. The third-order valence-corrected chi connectivity index (χ3v) is 5.01. The Bertz CT molecular complexity index is 959. The molecule has 0 aromatic heterocycles. The van der Waals surface area contributed by atoms with Gasteiger partial charge in [0.05, 0.1) is 0 Å². The Balaban J connectivity index is 1.65. The van der Waals surface area contributed by atoms with Crippen LogP contribution in [-0.4, -0.2) is 53.3 Å². The van der Waals surface area contributed by atoms with Crippen LogP contribution >= 0.6 is 0 Å². The minimum Gasteiger partial charge on any atom is -0.481 e. The van der Waals surface area contributed by atoms with E-state index in [1.807, 2.05) is 48.5 Å². The van der Waals surface area contributed by atoms with Crippen molar-refractivity contribution in [1.29, 1.82) is 0 Å². The number of aliphatic carboxylic acids is 2. The summed E-state index contributed by atoms with van der Waals surface area (Å²) in [5.41, 5.74) is 4.19. The van der Waals surface area contributed by atoms with Crippen molar-refractivity contribution < 1.29 is 34.1 Å². The number of rotatable bonds is 9. The van der Waals surface area contributed by atoms with Gasteiger partial charge in [-0.25, -0.2) is 4.79 Å². The van der Waals surface area contributed by atoms with E-state index in [0.717, 1.165) is 22.3 Å². The van der Waals surface area contributed by atoms with E-state index in [1.54, 1.807) is 0 Å². The number of hydrogen-bond acceptors (Lipinski definition) is 5. The molecule has 162 valence electrons. The number of carboxylic acids is 2. The molecular formula is C22H22N2O7. The van der Waals surface area contributed by atoms with Crippen LogP contribution in [0.2, 0.25) is 0 Å². The van der Waals surface area contributed by atoms with Crippen molar-refractivity contribution in [1.82, 2.24) is 10.6 Å². The summed E-state index contributed by atoms with van der Waals surface area (Å²) in [4.78, 5) is 46.0. The molecule has 0 heterocycles. The number of nitrogens with one attached hydrogen (secondary N) is 2. The normalized spacial score (nSPS) is 12.9. The van der Waals surface area contributed by atoms with Gasteiger partial charge in [-0.15, -0.1) is 0 Å². The number of carboxylic acid groups (broad SMARTS) is 2. The molecule has 0 saturated heterocycles. The second-order valence-corrected chi connectivity index (χ2v) is 7.07. The van der Waals surface area contributed by atoms with Crippen LogP contribution in [0.1, 0.15) is 29.9 Å². The highest BCUT2D eigenvalue weighted by molar-refractivity contribution is 5.88. The molecule has 9 nitrogen and oxygen atoms in total. The summed E-state index contributed by atoms with van der Waals surface area (Å²) in [6, 6.07) is 14.4. The van der Waals surface area contributed by atoms with Gasteiger partial charge in [-0.1, -0.05) is 48.5 Å². The molecule has 9 heteroatoms. The predicted octanol–water partition coefficient (Wildman–Crippen LogP) is 1.96. The number of amides is 2. The number of fused-ring (bicyclic) bond motifs is 3. The van der Waals surface area contributed by atoms with Crippen molar-refractivity contribution in [2.75, 3.05) is 13.2 Å². The maximum Gasteiger partial charge on any atom is 0.407 e. The Kier molecular flexibility index (Phi) is 6.86. The molecule has 1 aliphatic rings. The van der Waals surface area contributed by atoms with Crippen LogP contribution in [0.3, 0.4) is 0 Å². The molecule has 2 amide bonds. The van der Waals surface area contributed by atoms with Gasteiger partial charge in [0.1, 0.15) is 19.2 Å². The van der Waals surface area contributed by atoms with Gasteiger partial charge < -0.3 is 25.6 Å². The fraction of sp³-hybridized carbons (Fsp3) is 0.273. The summed E-state index contributed by atoms with van der Waals surface area (Å²) in [6.45, 7) is -0.614. The summed E-state index contributed by atoms with van der Waals surface area (Å²) in [5, 5.41) is 22.0. The Morgan fingerprint density at radius 3 is 2.03 bits per heavy atom. The van der Waals surface area contributed by atoms with Crippen LogP contribution in [0, 0.1) is 0 Å². The van der Waals surface area contributed by atoms with Crippen molar-refractivity contribution in [3.63, 3.8) is 0 Å². The number of ether oxygens (including phenoxy) is 1. The molecule has 0 fully saturated rings. The smallest absolute Gasteiger partial charge is 0.407 e. The summed E-state index contributed by atoms with van der Waals surface area (Å²) >= 11 is 0. The lowest BCUT2D eigenvalue weighted by atomic mass is 9.98. The number of hydrogen-bond donors (Lipinski definition) is 4. The van der Waals surface area contributed by atoms with Crippen LogP contribution in [-0.2, 0) is 19.1 Å². The van der Waals surface area contributed by atoms with Crippen LogP contribution < -0.4 is 10.6 Å². The van der Waals surface area contributed by atoms with Crippen LogP contribution in [0.5, 0.6) is 0 Å². The largest absolute Gasteiger partial charge is 0.481 e. The zero-order valence-electron chi connectivity index (χ0n) is 16.5. The second-order valence-electron chi connectivity index (χ2n) is 7.07. The molecule has 0 radical (unpaired) electrons. The number of carbonyl (C=O) groups is 4. The van der Waals surface area contributed by atoms with E-state index < -0.39 is 36.5 Å². The standard InChI is InChI=1S/C22H22N2O7/c25-19(26)10-9-18(21(29)23-11-20(27)28)24-22(30)31-12-17-15-7-3-1-5-13(15)14-6-2-4-8-16(14)17/h1-8,17-18H,9-12H2,(H,23,29)(H,24,30)(H,25,26)(H,27,28)/t18-/m0/s1. The Labute approximate surface area is 178 Å². The van der Waals surface area contributed by atoms with Gasteiger partial charge >= 0.3 is 18.0 Å². The Hall–Kier alpha value is -3.88. The molecule has 0 saturated carbocycles. The SMILES string of the molecule is O=C(O)CC[C@H](NC(=O)OCC1c2ccccc2-c2ccccc21)C(=O)NCC(=O)O. The summed E-state index contributed by atoms with van der Waals surface area (Å²) in [7, 11) is 0. The summed E-state index contributed by atoms with van der Waals surface area (Å²) in [6.07, 6.45) is -1.47. The van der Waals surface area contributed by atoms with E-state index in [1.165, 1.54) is 0 Å². The molecule has 0 unspecified atom stereocenters. The van der Waals surface area contributed by atoms with Gasteiger partial charge in [0.25, 0.3) is 0 Å². The molecule has 1 atom stereocenters. The fourth-order valence-corrected chi connectivity index (χ4v) is 3.60. The average molecular weight is 426 g/mol. The third-order valence-electron chi connectivity index (χ3n) is 5.01. The third kappa shape index (κ3) is 5.39. The number of carbonyl (C=O) groups excluding carboxylic acids is 2. The molecule has 4 N–H and O–H groups in total. The lowest BCUT2D eigenvalue weighted by molar-refractivity contribution is -0.139. The molecule has 0 spiro atoms. The molecule has 2 aromatic carbocycles. The molecule has 0 bridgehead atoms. The Morgan fingerprint density at radius 1 is 0.903 bits per heavy atom. The topological polar surface area (TPSA) is 142 Å². The first kappa shape index (κ1) is 21.8. The number of benzene rings is 2. The van der Waals surface area contributed by atoms with Crippen molar-refractivity contribution in [2.24, 2.45) is 0 Å². The van der Waals surface area contributed by atoms with E-state index in [9.17, 15) is 19.2 Å². The maximum atomic E-state index is 12.3. The quantitative estimate of drug-likeness (QED) is 0.480. The Morgan fingerprint density at radius 2 is 1.48 bits per heavy atom. The van der Waals surface area contributed by atoms with E-state index in [2.05, 4.69) is 10.6 Å². The molecule has 2 aromatic rings. The van der Waals surface area contributed by atoms with E-state index >= 15 is 0 Å². The molecule has 31 heavy (non-hydrogen) atoms. The van der Waals surface area contributed by atoms with E-state index in [4.69, 9.17) is 14.9 Å². The first-order chi connectivity index (χ1) is 14.9. The van der Waals surface area contributed by atoms with Gasteiger partial charge in [-0.05, 0) is 28.7 Å². The van der Waals surface area contributed by atoms with Crippen molar-refractivity contribution in [3.8, 4) is 11.1 Å². The molecule has 0 aliphatic heterocycles. The number of alkyl carbamates (subject to hydrolysis) is 1. The summed E-state index contributed by atoms with van der Waals surface area (Å²) in [5.74, 6) is -3.37. The first-order valence-corrected chi connectivity index (χ1v) is 9.69. The first-order valence-electron chi connectivity index (χ1n) is 9.69. The van der Waals surface area contributed by atoms with Crippen molar-refractivity contribution >= 4 is 23.9 Å².